The van der Waals surface area contributed by atoms with Gasteiger partial charge in [0, 0.05) is 16.2 Å². The number of aryl methyl sites for hydroxylation is 1. The maximum Gasteiger partial charge on any atom is 0.0670 e. The van der Waals surface area contributed by atoms with E-state index >= 15 is 0 Å². The molecule has 2 heteroatoms. The minimum atomic E-state index is -0.552. The quantitative estimate of drug-likeness (QED) is 0.812. The zero-order valence-corrected chi connectivity index (χ0v) is 11.0. The molecule has 0 saturated carbocycles. The Morgan fingerprint density at radius 3 is 2.40 bits per heavy atom. The standard InChI is InChI=1S/C13H22OS/c1-5-11-6-7-12(15-11)9-13(4,14)8-10(2)3/h6-7,10,14H,5,8-9H2,1-4H3. The average molecular weight is 226 g/mol. The molecule has 0 aliphatic heterocycles. The predicted molar refractivity (Wildman–Crippen MR) is 67.5 cm³/mol. The van der Waals surface area contributed by atoms with Crippen LogP contribution < -0.4 is 0 Å². The first-order valence-electron chi connectivity index (χ1n) is 5.73. The van der Waals surface area contributed by atoms with E-state index in [0.29, 0.717) is 5.92 Å². The lowest BCUT2D eigenvalue weighted by Gasteiger charge is -2.24. The summed E-state index contributed by atoms with van der Waals surface area (Å²) >= 11 is 1.83. The molecule has 86 valence electrons. The van der Waals surface area contributed by atoms with Crippen molar-refractivity contribution in [3.8, 4) is 0 Å². The zero-order valence-electron chi connectivity index (χ0n) is 10.2. The molecule has 0 radical (unpaired) electrons. The summed E-state index contributed by atoms with van der Waals surface area (Å²) in [4.78, 5) is 2.71. The van der Waals surface area contributed by atoms with Crippen LogP contribution >= 0.6 is 11.3 Å². The van der Waals surface area contributed by atoms with E-state index in [9.17, 15) is 5.11 Å². The highest BCUT2D eigenvalue weighted by Gasteiger charge is 2.22. The van der Waals surface area contributed by atoms with Crippen LogP contribution in [0.3, 0.4) is 0 Å². The van der Waals surface area contributed by atoms with E-state index < -0.39 is 5.60 Å². The second-order valence-corrected chi connectivity index (χ2v) is 6.25. The van der Waals surface area contributed by atoms with E-state index in [-0.39, 0.29) is 0 Å². The number of hydrogen-bond acceptors (Lipinski definition) is 2. The summed E-state index contributed by atoms with van der Waals surface area (Å²) in [7, 11) is 0. The number of hydrogen-bond donors (Lipinski definition) is 1. The molecular weight excluding hydrogens is 204 g/mol. The fourth-order valence-electron chi connectivity index (χ4n) is 2.03. The lowest BCUT2D eigenvalue weighted by molar-refractivity contribution is 0.0396. The second-order valence-electron chi connectivity index (χ2n) is 4.99. The summed E-state index contributed by atoms with van der Waals surface area (Å²) in [6, 6.07) is 4.32. The molecule has 0 saturated heterocycles. The number of aliphatic hydroxyl groups is 1. The van der Waals surface area contributed by atoms with Crippen molar-refractivity contribution < 1.29 is 5.11 Å². The van der Waals surface area contributed by atoms with E-state index in [0.717, 1.165) is 19.3 Å². The highest BCUT2D eigenvalue weighted by atomic mass is 32.1. The molecular formula is C13H22OS. The second kappa shape index (κ2) is 5.13. The summed E-state index contributed by atoms with van der Waals surface area (Å²) in [6.45, 7) is 8.42. The van der Waals surface area contributed by atoms with Crippen LogP contribution in [0.2, 0.25) is 0 Å². The molecule has 0 aliphatic rings. The normalized spacial score (nSPS) is 15.6. The van der Waals surface area contributed by atoms with Crippen molar-refractivity contribution in [2.45, 2.75) is 52.6 Å². The molecule has 15 heavy (non-hydrogen) atoms. The van der Waals surface area contributed by atoms with Crippen molar-refractivity contribution >= 4 is 11.3 Å². The van der Waals surface area contributed by atoms with Gasteiger partial charge in [-0.2, -0.15) is 0 Å². The van der Waals surface area contributed by atoms with Crippen molar-refractivity contribution in [2.75, 3.05) is 0 Å². The maximum atomic E-state index is 10.2. The molecule has 0 aromatic carbocycles. The van der Waals surface area contributed by atoms with Gasteiger partial charge in [-0.05, 0) is 37.8 Å². The van der Waals surface area contributed by atoms with Gasteiger partial charge in [0.1, 0.15) is 0 Å². The van der Waals surface area contributed by atoms with E-state index in [2.05, 4.69) is 32.9 Å². The third kappa shape index (κ3) is 4.35. The highest BCUT2D eigenvalue weighted by molar-refractivity contribution is 7.12. The fraction of sp³-hybridized carbons (Fsp3) is 0.692. The average Bonchev–Trinajstić information content (AvgIpc) is 2.48. The van der Waals surface area contributed by atoms with E-state index in [1.165, 1.54) is 9.75 Å². The van der Waals surface area contributed by atoms with Crippen molar-refractivity contribution in [2.24, 2.45) is 5.92 Å². The topological polar surface area (TPSA) is 20.2 Å². The highest BCUT2D eigenvalue weighted by Crippen LogP contribution is 2.26. The van der Waals surface area contributed by atoms with Crippen LogP contribution in [-0.2, 0) is 12.8 Å². The van der Waals surface area contributed by atoms with Crippen LogP contribution in [0.25, 0.3) is 0 Å². The largest absolute Gasteiger partial charge is 0.390 e. The van der Waals surface area contributed by atoms with Crippen LogP contribution in [-0.4, -0.2) is 10.7 Å². The molecule has 0 bridgehead atoms. The van der Waals surface area contributed by atoms with Crippen LogP contribution in [0.5, 0.6) is 0 Å². The molecule has 0 amide bonds. The first kappa shape index (κ1) is 12.7. The van der Waals surface area contributed by atoms with E-state index in [1.807, 2.05) is 18.3 Å². The Hall–Kier alpha value is -0.340. The van der Waals surface area contributed by atoms with Crippen LogP contribution in [0.1, 0.15) is 43.9 Å². The van der Waals surface area contributed by atoms with Gasteiger partial charge in [0.15, 0.2) is 0 Å². The Balaban J connectivity index is 2.59. The molecule has 1 unspecified atom stereocenters. The Kier molecular flexibility index (Phi) is 4.35. The maximum absolute atomic E-state index is 10.2. The van der Waals surface area contributed by atoms with Gasteiger partial charge in [-0.1, -0.05) is 20.8 Å². The fourth-order valence-corrected chi connectivity index (χ4v) is 3.17. The van der Waals surface area contributed by atoms with Gasteiger partial charge in [-0.25, -0.2) is 0 Å². The van der Waals surface area contributed by atoms with Gasteiger partial charge in [0.2, 0.25) is 0 Å². The Bertz CT molecular complexity index is 299. The molecule has 1 N–H and O–H groups in total. The predicted octanol–water partition coefficient (Wildman–Crippen LogP) is 3.65. The number of thiophene rings is 1. The summed E-state index contributed by atoms with van der Waals surface area (Å²) < 4.78 is 0. The molecule has 0 fully saturated rings. The molecule has 1 nitrogen and oxygen atoms in total. The summed E-state index contributed by atoms with van der Waals surface area (Å²) in [5, 5.41) is 10.2. The first-order valence-corrected chi connectivity index (χ1v) is 6.54. The van der Waals surface area contributed by atoms with Gasteiger partial charge in [-0.15, -0.1) is 11.3 Å². The van der Waals surface area contributed by atoms with Crippen molar-refractivity contribution in [3.63, 3.8) is 0 Å². The van der Waals surface area contributed by atoms with Crippen LogP contribution in [0.15, 0.2) is 12.1 Å². The molecule has 1 aromatic rings. The zero-order chi connectivity index (χ0) is 11.5. The lowest BCUT2D eigenvalue weighted by Crippen LogP contribution is -2.28. The SMILES string of the molecule is CCc1ccc(CC(C)(O)CC(C)C)s1. The van der Waals surface area contributed by atoms with Gasteiger partial charge >= 0.3 is 0 Å². The molecule has 1 atom stereocenters. The first-order chi connectivity index (χ1) is 6.93. The van der Waals surface area contributed by atoms with Crippen molar-refractivity contribution in [1.29, 1.82) is 0 Å². The van der Waals surface area contributed by atoms with E-state index in [1.54, 1.807) is 0 Å². The minimum Gasteiger partial charge on any atom is -0.390 e. The summed E-state index contributed by atoms with van der Waals surface area (Å²) in [5.74, 6) is 0.547. The van der Waals surface area contributed by atoms with Gasteiger partial charge in [-0.3, -0.25) is 0 Å². The third-order valence-corrected chi connectivity index (χ3v) is 3.70. The minimum absolute atomic E-state index is 0.547. The monoisotopic (exact) mass is 226 g/mol. The smallest absolute Gasteiger partial charge is 0.0670 e. The van der Waals surface area contributed by atoms with E-state index in [4.69, 9.17) is 0 Å². The Morgan fingerprint density at radius 2 is 1.93 bits per heavy atom. The molecule has 0 spiro atoms. The summed E-state index contributed by atoms with van der Waals surface area (Å²) in [5.41, 5.74) is -0.552. The van der Waals surface area contributed by atoms with Gasteiger partial charge in [0.25, 0.3) is 0 Å². The molecule has 0 aliphatic carbocycles. The van der Waals surface area contributed by atoms with Crippen molar-refractivity contribution in [3.05, 3.63) is 21.9 Å². The third-order valence-electron chi connectivity index (χ3n) is 2.47. The van der Waals surface area contributed by atoms with Gasteiger partial charge in [0.05, 0.1) is 5.60 Å². The van der Waals surface area contributed by atoms with Crippen LogP contribution in [0, 0.1) is 5.92 Å². The molecule has 1 rings (SSSR count). The number of rotatable bonds is 5. The van der Waals surface area contributed by atoms with Crippen LogP contribution in [0.4, 0.5) is 0 Å². The Morgan fingerprint density at radius 1 is 1.33 bits per heavy atom. The molecule has 1 aromatic heterocycles. The van der Waals surface area contributed by atoms with Crippen molar-refractivity contribution in [1.82, 2.24) is 0 Å². The molecule has 1 heterocycles. The Labute approximate surface area is 97.2 Å². The lowest BCUT2D eigenvalue weighted by atomic mass is 9.91. The van der Waals surface area contributed by atoms with Gasteiger partial charge < -0.3 is 5.11 Å². The summed E-state index contributed by atoms with van der Waals surface area (Å²) in [6.07, 6.45) is 2.75.